The number of carbonyl (C=O) groups is 2. The van der Waals surface area contributed by atoms with Crippen molar-refractivity contribution < 1.29 is 28.8 Å². The highest BCUT2D eigenvalue weighted by molar-refractivity contribution is 8.02. The van der Waals surface area contributed by atoms with Gasteiger partial charge in [0.1, 0.15) is 13.2 Å². The van der Waals surface area contributed by atoms with Crippen LogP contribution in [-0.4, -0.2) is 37.5 Å². The molecule has 0 aliphatic heterocycles. The van der Waals surface area contributed by atoms with Crippen LogP contribution in [0.25, 0.3) is 0 Å². The van der Waals surface area contributed by atoms with E-state index in [1.165, 1.54) is 107 Å². The van der Waals surface area contributed by atoms with Crippen LogP contribution in [0.4, 0.5) is 0 Å². The zero-order valence-corrected chi connectivity index (χ0v) is 32.4. The van der Waals surface area contributed by atoms with E-state index in [-0.39, 0.29) is 75.6 Å². The summed E-state index contributed by atoms with van der Waals surface area (Å²) in [6.07, 6.45) is 22.8. The van der Waals surface area contributed by atoms with E-state index in [1.54, 1.807) is 0 Å². The van der Waals surface area contributed by atoms with Gasteiger partial charge in [-0.15, -0.1) is 0 Å². The standard InChI is InChI=1S/C41H70O6S.6CH4/c1-8-10-11-12-13-14-15-16-17-18-19-20-21-22-23-27-30-44-39(43)41(6,7)34-48-35(3)47-46-32-31-45-38(42)40(4,5)33-36(9-2)37-28-25-24-26-29-37;;;;;;/h24-26,28-29,36H,3,8-23,27,30-34H2,1-2,4-7H3;6*1H4. The SMILES string of the molecule is C.C.C.C.C.C.C=C(OOCCOC(=O)C(C)(C)CC(CC)c1ccccc1)SCC(C)(C)C(=O)OCCCCCCCCCCCCCCCCCC. The number of unbranched alkanes of at least 4 members (excludes halogenated alkanes) is 15. The van der Waals surface area contributed by atoms with Crippen molar-refractivity contribution in [3.63, 3.8) is 0 Å². The third-order valence-corrected chi connectivity index (χ3v) is 10.3. The van der Waals surface area contributed by atoms with Gasteiger partial charge in [-0.25, -0.2) is 0 Å². The van der Waals surface area contributed by atoms with Crippen LogP contribution < -0.4 is 0 Å². The fraction of sp³-hybridized carbons (Fsp3) is 0.787. The monoisotopic (exact) mass is 787 g/mol. The van der Waals surface area contributed by atoms with E-state index in [0.717, 1.165) is 19.3 Å². The van der Waals surface area contributed by atoms with Crippen LogP contribution in [-0.2, 0) is 28.8 Å². The van der Waals surface area contributed by atoms with Crippen molar-refractivity contribution >= 4 is 23.7 Å². The van der Waals surface area contributed by atoms with Crippen molar-refractivity contribution in [1.82, 2.24) is 0 Å². The van der Waals surface area contributed by atoms with E-state index in [4.69, 9.17) is 19.2 Å². The van der Waals surface area contributed by atoms with Gasteiger partial charge in [0, 0.05) is 5.75 Å². The minimum Gasteiger partial charge on any atom is -0.465 e. The summed E-state index contributed by atoms with van der Waals surface area (Å²) in [7, 11) is 0. The molecule has 1 rings (SSSR count). The van der Waals surface area contributed by atoms with Gasteiger partial charge in [-0.05, 0) is 65.0 Å². The maximum Gasteiger partial charge on any atom is 0.312 e. The Morgan fingerprint density at radius 1 is 0.611 bits per heavy atom. The molecule has 1 atom stereocenters. The van der Waals surface area contributed by atoms with Crippen molar-refractivity contribution in [3.05, 3.63) is 47.6 Å². The Morgan fingerprint density at radius 3 is 1.50 bits per heavy atom. The molecule has 0 aliphatic carbocycles. The van der Waals surface area contributed by atoms with Gasteiger partial charge in [-0.2, -0.15) is 4.89 Å². The average Bonchev–Trinajstić information content (AvgIpc) is 3.07. The van der Waals surface area contributed by atoms with Crippen molar-refractivity contribution in [2.24, 2.45) is 10.8 Å². The maximum atomic E-state index is 12.8. The Morgan fingerprint density at radius 2 is 1.04 bits per heavy atom. The first-order valence-corrected chi connectivity index (χ1v) is 20.0. The number of ether oxygens (including phenoxy) is 2. The van der Waals surface area contributed by atoms with Crippen molar-refractivity contribution in [1.29, 1.82) is 0 Å². The van der Waals surface area contributed by atoms with Crippen LogP contribution in [0.15, 0.2) is 42.0 Å². The molecule has 0 N–H and O–H groups in total. The number of benzene rings is 1. The van der Waals surface area contributed by atoms with Gasteiger partial charge >= 0.3 is 11.9 Å². The number of hydrogen-bond acceptors (Lipinski definition) is 7. The highest BCUT2D eigenvalue weighted by Crippen LogP contribution is 2.35. The summed E-state index contributed by atoms with van der Waals surface area (Å²) < 4.78 is 11.1. The molecule has 1 aromatic rings. The van der Waals surface area contributed by atoms with Crippen molar-refractivity contribution in [2.45, 2.75) is 208 Å². The van der Waals surface area contributed by atoms with E-state index < -0.39 is 10.8 Å². The molecule has 0 radical (unpaired) electrons. The highest BCUT2D eigenvalue weighted by Gasteiger charge is 2.33. The molecule has 0 heterocycles. The Kier molecular flexibility index (Phi) is 46.5. The van der Waals surface area contributed by atoms with Crippen LogP contribution in [0, 0.1) is 10.8 Å². The topological polar surface area (TPSA) is 71.1 Å². The fourth-order valence-electron chi connectivity index (χ4n) is 5.75. The minimum absolute atomic E-state index is 0. The summed E-state index contributed by atoms with van der Waals surface area (Å²) in [6.45, 7) is 16.5. The molecule has 0 amide bonds. The zero-order valence-electron chi connectivity index (χ0n) is 31.6. The second-order valence-corrected chi connectivity index (χ2v) is 15.7. The predicted octanol–water partition coefficient (Wildman–Crippen LogP) is 15.9. The molecule has 0 saturated heterocycles. The average molecular weight is 787 g/mol. The summed E-state index contributed by atoms with van der Waals surface area (Å²) in [4.78, 5) is 35.9. The van der Waals surface area contributed by atoms with Gasteiger partial charge in [0.15, 0.2) is 5.09 Å². The molecule has 0 saturated carbocycles. The van der Waals surface area contributed by atoms with Crippen LogP contribution >= 0.6 is 11.8 Å². The molecule has 0 aromatic heterocycles. The Bertz CT molecular complexity index is 978. The van der Waals surface area contributed by atoms with Gasteiger partial charge < -0.3 is 14.4 Å². The van der Waals surface area contributed by atoms with Gasteiger partial charge in [0.2, 0.25) is 0 Å². The Hall–Kier alpha value is -1.99. The molecule has 7 heteroatoms. The maximum absolute atomic E-state index is 12.8. The minimum atomic E-state index is -0.677. The van der Waals surface area contributed by atoms with Crippen molar-refractivity contribution in [2.75, 3.05) is 25.6 Å². The third kappa shape index (κ3) is 31.2. The van der Waals surface area contributed by atoms with E-state index in [2.05, 4.69) is 32.6 Å². The first kappa shape index (κ1) is 63.9. The molecule has 6 nitrogen and oxygen atoms in total. The molecule has 1 unspecified atom stereocenters. The first-order valence-electron chi connectivity index (χ1n) is 19.0. The van der Waals surface area contributed by atoms with Gasteiger partial charge in [0.05, 0.1) is 17.4 Å². The van der Waals surface area contributed by atoms with E-state index in [1.807, 2.05) is 45.9 Å². The van der Waals surface area contributed by atoms with E-state index in [9.17, 15) is 9.59 Å². The summed E-state index contributed by atoms with van der Waals surface area (Å²) in [5.74, 6) is 0.273. The number of rotatable bonds is 31. The lowest BCUT2D eigenvalue weighted by molar-refractivity contribution is -0.258. The summed E-state index contributed by atoms with van der Waals surface area (Å²) >= 11 is 1.30. The molecule has 0 spiro atoms. The van der Waals surface area contributed by atoms with Crippen LogP contribution in [0.1, 0.15) is 213 Å². The smallest absolute Gasteiger partial charge is 0.312 e. The molecule has 0 fully saturated rings. The summed E-state index contributed by atoms with van der Waals surface area (Å²) in [5, 5.41) is 0.342. The quantitative estimate of drug-likeness (QED) is 0.0244. The Balaban J connectivity index is -0.000000960. The van der Waals surface area contributed by atoms with Gasteiger partial charge in [0.25, 0.3) is 0 Å². The first-order chi connectivity index (χ1) is 23.0. The summed E-state index contributed by atoms with van der Waals surface area (Å²) in [5.41, 5.74) is -0.0629. The molecule has 0 bridgehead atoms. The number of hydrogen-bond donors (Lipinski definition) is 0. The highest BCUT2D eigenvalue weighted by atomic mass is 32.2. The van der Waals surface area contributed by atoms with E-state index >= 15 is 0 Å². The van der Waals surface area contributed by atoms with Crippen LogP contribution in [0.3, 0.4) is 0 Å². The second-order valence-electron chi connectivity index (χ2n) is 14.6. The van der Waals surface area contributed by atoms with Crippen LogP contribution in [0.2, 0.25) is 0 Å². The third-order valence-electron chi connectivity index (χ3n) is 9.00. The predicted molar refractivity (Wildman–Crippen MR) is 242 cm³/mol. The lowest BCUT2D eigenvalue weighted by Crippen LogP contribution is -2.30. The molecule has 1 aromatic carbocycles. The number of thioether (sulfide) groups is 1. The number of carbonyl (C=O) groups excluding carboxylic acids is 2. The lowest BCUT2D eigenvalue weighted by atomic mass is 9.79. The normalized spacial score (nSPS) is 11.1. The van der Waals surface area contributed by atoms with Crippen LogP contribution in [0.5, 0.6) is 0 Å². The second kappa shape index (κ2) is 39.3. The summed E-state index contributed by atoms with van der Waals surface area (Å²) in [6, 6.07) is 10.3. The molecular weight excluding hydrogens is 693 g/mol. The van der Waals surface area contributed by atoms with Gasteiger partial charge in [-0.1, -0.05) is 197 Å². The molecule has 0 aliphatic rings. The fourth-order valence-corrected chi connectivity index (χ4v) is 6.48. The van der Waals surface area contributed by atoms with Gasteiger partial charge in [-0.3, -0.25) is 9.59 Å². The largest absolute Gasteiger partial charge is 0.465 e. The molecule has 324 valence electrons. The molecule has 54 heavy (non-hydrogen) atoms. The zero-order chi connectivity index (χ0) is 35.5. The van der Waals surface area contributed by atoms with E-state index in [0.29, 0.717) is 23.9 Å². The Labute approximate surface area is 343 Å². The molecular formula is C47H94O6S. The number of esters is 2. The van der Waals surface area contributed by atoms with Crippen molar-refractivity contribution in [3.8, 4) is 0 Å². The lowest BCUT2D eigenvalue weighted by Gasteiger charge is -2.27.